The molecule has 0 aliphatic rings. The summed E-state index contributed by atoms with van der Waals surface area (Å²) in [6, 6.07) is 0. The Labute approximate surface area is 594 Å². The van der Waals surface area contributed by atoms with Crippen LogP contribution in [0.4, 0.5) is 0 Å². The first-order valence-electron chi connectivity index (χ1n) is 40.2. The number of rotatable bonds is 75. The maximum atomic E-state index is 13.1. The van der Waals surface area contributed by atoms with Crippen molar-refractivity contribution in [3.05, 3.63) is 0 Å². The van der Waals surface area contributed by atoms with E-state index in [0.29, 0.717) is 25.7 Å². The second-order valence-electron chi connectivity index (χ2n) is 29.8. The highest BCUT2D eigenvalue weighted by Crippen LogP contribution is 2.45. The molecule has 0 saturated carbocycles. The molecule has 0 bridgehead atoms. The number of phosphoric acid groups is 2. The van der Waals surface area contributed by atoms with E-state index in [-0.39, 0.29) is 25.7 Å². The fourth-order valence-electron chi connectivity index (χ4n) is 11.9. The summed E-state index contributed by atoms with van der Waals surface area (Å²) in [5.74, 6) is 0.950. The van der Waals surface area contributed by atoms with Crippen LogP contribution < -0.4 is 0 Å². The van der Waals surface area contributed by atoms with Gasteiger partial charge in [0.2, 0.25) is 0 Å². The van der Waals surface area contributed by atoms with Gasteiger partial charge in [0.15, 0.2) is 12.2 Å². The standard InChI is InChI=1S/C78H152O17P2/c1-9-71(8)57-49-41-33-27-29-37-45-53-61-78(83)95-74(64-88-75(80)58-50-42-34-24-19-17-15-13-11-10-12-14-16-18-22-30-38-46-54-68(2)3)67-93-97(86,87)91-63-72(79)62-90-96(84,85)92-66-73(65-89-76(81)59-51-43-35-28-26-32-40-48-56-70(6)7)94-77(82)60-52-44-36-25-21-20-23-31-39-47-55-69(4)5/h68-74,79H,9-67H2,1-8H3,(H,84,85)(H,86,87)/t71?,72?,73-,74-/m1/s1. The van der Waals surface area contributed by atoms with Gasteiger partial charge in [-0.3, -0.25) is 37.3 Å². The number of carbonyl (C=O) groups excluding carboxylic acids is 4. The third kappa shape index (κ3) is 70.9. The predicted molar refractivity (Wildman–Crippen MR) is 395 cm³/mol. The van der Waals surface area contributed by atoms with Gasteiger partial charge in [-0.15, -0.1) is 0 Å². The molecule has 576 valence electrons. The van der Waals surface area contributed by atoms with Crippen LogP contribution in [0.5, 0.6) is 0 Å². The Balaban J connectivity index is 5.19. The number of carbonyl (C=O) groups is 4. The molecule has 6 atom stereocenters. The van der Waals surface area contributed by atoms with Crippen molar-refractivity contribution in [1.82, 2.24) is 0 Å². The zero-order valence-corrected chi connectivity index (χ0v) is 65.5. The second kappa shape index (κ2) is 67.2. The van der Waals surface area contributed by atoms with E-state index >= 15 is 0 Å². The summed E-state index contributed by atoms with van der Waals surface area (Å²) in [4.78, 5) is 72.9. The quantitative estimate of drug-likeness (QED) is 0.0222. The fraction of sp³-hybridized carbons (Fsp3) is 0.949. The molecule has 3 N–H and O–H groups in total. The summed E-state index contributed by atoms with van der Waals surface area (Å²) in [5.41, 5.74) is 0. The molecule has 0 fully saturated rings. The van der Waals surface area contributed by atoms with Crippen LogP contribution in [-0.4, -0.2) is 96.7 Å². The summed E-state index contributed by atoms with van der Waals surface area (Å²) in [5, 5.41) is 10.6. The largest absolute Gasteiger partial charge is 0.472 e. The summed E-state index contributed by atoms with van der Waals surface area (Å²) in [7, 11) is -9.92. The van der Waals surface area contributed by atoms with Gasteiger partial charge < -0.3 is 33.8 Å². The van der Waals surface area contributed by atoms with Crippen LogP contribution in [-0.2, 0) is 65.4 Å². The van der Waals surface area contributed by atoms with Crippen LogP contribution in [0.25, 0.3) is 0 Å². The molecule has 4 unspecified atom stereocenters. The lowest BCUT2D eigenvalue weighted by atomic mass is 9.99. The van der Waals surface area contributed by atoms with Crippen LogP contribution in [0.3, 0.4) is 0 Å². The van der Waals surface area contributed by atoms with Gasteiger partial charge in [0.1, 0.15) is 19.3 Å². The normalized spacial score (nSPS) is 14.4. The summed E-state index contributed by atoms with van der Waals surface area (Å²) < 4.78 is 68.6. The second-order valence-corrected chi connectivity index (χ2v) is 32.7. The maximum Gasteiger partial charge on any atom is 0.472 e. The zero-order chi connectivity index (χ0) is 71.7. The van der Waals surface area contributed by atoms with Crippen LogP contribution >= 0.6 is 15.6 Å². The molecule has 19 heteroatoms. The van der Waals surface area contributed by atoms with E-state index in [0.717, 1.165) is 114 Å². The number of ether oxygens (including phenoxy) is 4. The van der Waals surface area contributed by atoms with Crippen molar-refractivity contribution < 1.29 is 80.2 Å². The zero-order valence-electron chi connectivity index (χ0n) is 63.7. The van der Waals surface area contributed by atoms with Crippen molar-refractivity contribution in [2.24, 2.45) is 23.7 Å². The minimum Gasteiger partial charge on any atom is -0.462 e. The topological polar surface area (TPSA) is 237 Å². The summed E-state index contributed by atoms with van der Waals surface area (Å²) in [6.07, 6.45) is 52.8. The molecule has 0 aliphatic heterocycles. The Hall–Kier alpha value is -1.94. The summed E-state index contributed by atoms with van der Waals surface area (Å²) >= 11 is 0. The Morgan fingerprint density at radius 2 is 0.495 bits per heavy atom. The van der Waals surface area contributed by atoms with Crippen molar-refractivity contribution in [3.8, 4) is 0 Å². The number of aliphatic hydroxyl groups excluding tert-OH is 1. The van der Waals surface area contributed by atoms with E-state index in [1.807, 2.05) is 0 Å². The van der Waals surface area contributed by atoms with E-state index in [4.69, 9.17) is 37.0 Å². The number of aliphatic hydroxyl groups is 1. The Bertz CT molecular complexity index is 1900. The highest BCUT2D eigenvalue weighted by molar-refractivity contribution is 7.47. The Morgan fingerprint density at radius 3 is 0.732 bits per heavy atom. The monoisotopic (exact) mass is 1420 g/mol. The molecule has 0 spiro atoms. The lowest BCUT2D eigenvalue weighted by Gasteiger charge is -2.21. The number of esters is 4. The molecular weight excluding hydrogens is 1270 g/mol. The third-order valence-corrected chi connectivity index (χ3v) is 20.3. The Kier molecular flexibility index (Phi) is 65.9. The lowest BCUT2D eigenvalue weighted by Crippen LogP contribution is -2.30. The molecule has 0 radical (unpaired) electrons. The van der Waals surface area contributed by atoms with E-state index in [1.54, 1.807) is 0 Å². The van der Waals surface area contributed by atoms with E-state index in [1.165, 1.54) is 199 Å². The predicted octanol–water partition coefficient (Wildman–Crippen LogP) is 22.8. The average molecular weight is 1420 g/mol. The number of unbranched alkanes of at least 4 members (excludes halogenated alkanes) is 40. The molecule has 97 heavy (non-hydrogen) atoms. The van der Waals surface area contributed by atoms with Crippen molar-refractivity contribution in [3.63, 3.8) is 0 Å². The first-order valence-corrected chi connectivity index (χ1v) is 43.2. The van der Waals surface area contributed by atoms with Crippen molar-refractivity contribution in [2.45, 2.75) is 414 Å². The molecule has 0 aliphatic carbocycles. The van der Waals surface area contributed by atoms with Gasteiger partial charge in [-0.05, 0) is 49.4 Å². The highest BCUT2D eigenvalue weighted by Gasteiger charge is 2.30. The smallest absolute Gasteiger partial charge is 0.462 e. The van der Waals surface area contributed by atoms with Crippen molar-refractivity contribution in [2.75, 3.05) is 39.6 Å². The molecule has 0 rings (SSSR count). The SMILES string of the molecule is CCC(C)CCCCCCCCCCC(=O)O[C@H](COC(=O)CCCCCCCCCCCCCCCCCCCCC(C)C)COP(=O)(O)OCC(O)COP(=O)(O)OC[C@@H](COC(=O)CCCCCCCCCCC(C)C)OC(=O)CCCCCCCCCCCCC(C)C. The van der Waals surface area contributed by atoms with Gasteiger partial charge in [0.05, 0.1) is 26.4 Å². The van der Waals surface area contributed by atoms with E-state index in [2.05, 4.69) is 55.4 Å². The Morgan fingerprint density at radius 1 is 0.289 bits per heavy atom. The van der Waals surface area contributed by atoms with Gasteiger partial charge in [0, 0.05) is 25.7 Å². The van der Waals surface area contributed by atoms with Gasteiger partial charge in [-0.25, -0.2) is 9.13 Å². The molecule has 17 nitrogen and oxygen atoms in total. The fourth-order valence-corrected chi connectivity index (χ4v) is 13.5. The van der Waals surface area contributed by atoms with Crippen LogP contribution in [0.1, 0.15) is 396 Å². The molecule has 0 amide bonds. The number of phosphoric ester groups is 2. The van der Waals surface area contributed by atoms with E-state index < -0.39 is 97.5 Å². The first kappa shape index (κ1) is 95.1. The average Bonchev–Trinajstić information content (AvgIpc) is 1.06. The number of hydrogen-bond acceptors (Lipinski definition) is 15. The van der Waals surface area contributed by atoms with E-state index in [9.17, 15) is 43.2 Å². The maximum absolute atomic E-state index is 13.1. The molecule has 0 saturated heterocycles. The van der Waals surface area contributed by atoms with Crippen molar-refractivity contribution in [1.29, 1.82) is 0 Å². The highest BCUT2D eigenvalue weighted by atomic mass is 31.2. The molecule has 0 heterocycles. The third-order valence-electron chi connectivity index (χ3n) is 18.4. The van der Waals surface area contributed by atoms with Gasteiger partial charge >= 0.3 is 39.5 Å². The molecule has 0 aromatic carbocycles. The molecular formula is C78H152O17P2. The van der Waals surface area contributed by atoms with Gasteiger partial charge in [-0.1, -0.05) is 344 Å². The van der Waals surface area contributed by atoms with Gasteiger partial charge in [0.25, 0.3) is 0 Å². The lowest BCUT2D eigenvalue weighted by molar-refractivity contribution is -0.161. The minimum absolute atomic E-state index is 0.105. The van der Waals surface area contributed by atoms with Crippen LogP contribution in [0.15, 0.2) is 0 Å². The van der Waals surface area contributed by atoms with Gasteiger partial charge in [-0.2, -0.15) is 0 Å². The minimum atomic E-state index is -4.96. The number of hydrogen-bond donors (Lipinski definition) is 3. The van der Waals surface area contributed by atoms with Crippen molar-refractivity contribution >= 4 is 39.5 Å². The first-order chi connectivity index (χ1) is 46.6. The molecule has 0 aromatic rings. The molecule has 0 aromatic heterocycles. The van der Waals surface area contributed by atoms with Crippen LogP contribution in [0, 0.1) is 23.7 Å². The van der Waals surface area contributed by atoms with Crippen LogP contribution in [0.2, 0.25) is 0 Å². The summed E-state index contributed by atoms with van der Waals surface area (Å²) in [6.45, 7) is 14.2.